The summed E-state index contributed by atoms with van der Waals surface area (Å²) in [5.41, 5.74) is 4.98. The van der Waals surface area contributed by atoms with Gasteiger partial charge in [-0.05, 0) is 66.4 Å². The lowest BCUT2D eigenvalue weighted by molar-refractivity contribution is 0.694. The van der Waals surface area contributed by atoms with Crippen LogP contribution in [0.3, 0.4) is 0 Å². The molecule has 0 bridgehead atoms. The highest BCUT2D eigenvalue weighted by molar-refractivity contribution is 7.27. The average Bonchev–Trinajstić information content (AvgIpc) is 3.01. The molecular formula is C17H25P. The van der Waals surface area contributed by atoms with Crippen LogP contribution in [0.15, 0.2) is 12.1 Å². The van der Waals surface area contributed by atoms with Crippen LogP contribution in [-0.2, 0) is 0 Å². The first-order valence-electron chi connectivity index (χ1n) is 7.66. The van der Waals surface area contributed by atoms with E-state index in [1.807, 2.05) is 0 Å². The zero-order valence-electron chi connectivity index (χ0n) is 11.5. The standard InChI is InChI=1S/C17H25P/c1-12-15(13-6-2-3-7-13)10-11-16(18)17(12)14-8-4-5-9-14/h10-11,13-14H,2-9,18H2,1H3. The van der Waals surface area contributed by atoms with Crippen molar-refractivity contribution in [2.24, 2.45) is 0 Å². The van der Waals surface area contributed by atoms with E-state index in [1.54, 1.807) is 16.7 Å². The van der Waals surface area contributed by atoms with E-state index >= 15 is 0 Å². The van der Waals surface area contributed by atoms with Gasteiger partial charge in [0.05, 0.1) is 0 Å². The Labute approximate surface area is 114 Å². The molecule has 0 amide bonds. The van der Waals surface area contributed by atoms with Gasteiger partial charge in [-0.2, -0.15) is 0 Å². The highest BCUT2D eigenvalue weighted by Gasteiger charge is 2.25. The minimum atomic E-state index is 0.846. The van der Waals surface area contributed by atoms with Gasteiger partial charge in [0.15, 0.2) is 0 Å². The molecular weight excluding hydrogens is 235 g/mol. The van der Waals surface area contributed by atoms with Crippen molar-refractivity contribution in [2.45, 2.75) is 70.1 Å². The molecule has 1 aromatic rings. The SMILES string of the molecule is Cc1c(C2CCCC2)ccc(P)c1C1CCCC1. The van der Waals surface area contributed by atoms with Gasteiger partial charge in [-0.15, -0.1) is 9.24 Å². The van der Waals surface area contributed by atoms with Crippen LogP contribution in [0.5, 0.6) is 0 Å². The molecule has 0 heterocycles. The van der Waals surface area contributed by atoms with Gasteiger partial charge in [0, 0.05) is 0 Å². The average molecular weight is 260 g/mol. The summed E-state index contributed by atoms with van der Waals surface area (Å²) in [7, 11) is 2.98. The second-order valence-electron chi connectivity index (χ2n) is 6.25. The molecule has 0 nitrogen and oxygen atoms in total. The zero-order chi connectivity index (χ0) is 12.5. The smallest absolute Gasteiger partial charge is 0.0153 e. The molecule has 1 unspecified atom stereocenters. The summed E-state index contributed by atoms with van der Waals surface area (Å²) < 4.78 is 0. The summed E-state index contributed by atoms with van der Waals surface area (Å²) in [6.45, 7) is 2.38. The van der Waals surface area contributed by atoms with Crippen LogP contribution in [-0.4, -0.2) is 0 Å². The summed E-state index contributed by atoms with van der Waals surface area (Å²) in [6.07, 6.45) is 11.4. The summed E-state index contributed by atoms with van der Waals surface area (Å²) in [5, 5.41) is 1.46. The van der Waals surface area contributed by atoms with Crippen molar-refractivity contribution < 1.29 is 0 Å². The molecule has 1 aromatic carbocycles. The fourth-order valence-corrected chi connectivity index (χ4v) is 4.75. The number of hydrogen-bond acceptors (Lipinski definition) is 0. The van der Waals surface area contributed by atoms with Gasteiger partial charge in [0.25, 0.3) is 0 Å². The Morgan fingerprint density at radius 1 is 0.889 bits per heavy atom. The van der Waals surface area contributed by atoms with Gasteiger partial charge < -0.3 is 0 Å². The van der Waals surface area contributed by atoms with Crippen LogP contribution < -0.4 is 5.30 Å². The minimum absolute atomic E-state index is 0.846. The van der Waals surface area contributed by atoms with Gasteiger partial charge in [-0.1, -0.05) is 37.8 Å². The highest BCUT2D eigenvalue weighted by atomic mass is 31.0. The van der Waals surface area contributed by atoms with Crippen LogP contribution in [0.1, 0.15) is 79.9 Å². The Morgan fingerprint density at radius 3 is 2.06 bits per heavy atom. The van der Waals surface area contributed by atoms with E-state index in [0.29, 0.717) is 0 Å². The third kappa shape index (κ3) is 2.25. The van der Waals surface area contributed by atoms with E-state index in [0.717, 1.165) is 11.8 Å². The summed E-state index contributed by atoms with van der Waals surface area (Å²) in [6, 6.07) is 4.77. The number of rotatable bonds is 2. The van der Waals surface area contributed by atoms with Gasteiger partial charge >= 0.3 is 0 Å². The van der Waals surface area contributed by atoms with E-state index in [2.05, 4.69) is 28.3 Å². The third-order valence-corrected chi connectivity index (χ3v) is 5.65. The molecule has 0 N–H and O–H groups in total. The van der Waals surface area contributed by atoms with E-state index in [1.165, 1.54) is 56.7 Å². The lowest BCUT2D eigenvalue weighted by atomic mass is 9.85. The molecule has 0 radical (unpaired) electrons. The Bertz CT molecular complexity index is 423. The van der Waals surface area contributed by atoms with Gasteiger partial charge in [-0.25, -0.2) is 0 Å². The van der Waals surface area contributed by atoms with Crippen molar-refractivity contribution in [3.63, 3.8) is 0 Å². The fourth-order valence-electron chi connectivity index (χ4n) is 4.20. The number of hydrogen-bond donors (Lipinski definition) is 0. The molecule has 0 aromatic heterocycles. The number of benzene rings is 1. The third-order valence-electron chi connectivity index (χ3n) is 5.15. The topological polar surface area (TPSA) is 0 Å². The Kier molecular flexibility index (Phi) is 3.76. The fraction of sp³-hybridized carbons (Fsp3) is 0.647. The largest absolute Gasteiger partial charge is 0.105 e. The van der Waals surface area contributed by atoms with E-state index in [-0.39, 0.29) is 0 Å². The summed E-state index contributed by atoms with van der Waals surface area (Å²) >= 11 is 0. The summed E-state index contributed by atoms with van der Waals surface area (Å²) in [4.78, 5) is 0. The predicted octanol–water partition coefficient (Wildman–Crippen LogP) is 4.81. The van der Waals surface area contributed by atoms with E-state index < -0.39 is 0 Å². The first-order chi connectivity index (χ1) is 8.77. The molecule has 18 heavy (non-hydrogen) atoms. The quantitative estimate of drug-likeness (QED) is 0.669. The van der Waals surface area contributed by atoms with Crippen molar-refractivity contribution >= 4 is 14.5 Å². The van der Waals surface area contributed by atoms with Crippen LogP contribution in [0, 0.1) is 6.92 Å². The Hall–Kier alpha value is -0.350. The molecule has 2 saturated carbocycles. The molecule has 0 spiro atoms. The van der Waals surface area contributed by atoms with Crippen LogP contribution in [0.2, 0.25) is 0 Å². The second kappa shape index (κ2) is 5.33. The molecule has 2 aliphatic rings. The van der Waals surface area contributed by atoms with Crippen LogP contribution in [0.4, 0.5) is 0 Å². The van der Waals surface area contributed by atoms with E-state index in [4.69, 9.17) is 0 Å². The molecule has 2 aliphatic carbocycles. The monoisotopic (exact) mass is 260 g/mol. The summed E-state index contributed by atoms with van der Waals surface area (Å²) in [5.74, 6) is 1.70. The second-order valence-corrected chi connectivity index (χ2v) is 6.87. The molecule has 1 heteroatoms. The lowest BCUT2D eigenvalue weighted by Crippen LogP contribution is -2.12. The molecule has 0 saturated heterocycles. The maximum absolute atomic E-state index is 2.98. The van der Waals surface area contributed by atoms with Crippen LogP contribution in [0.25, 0.3) is 0 Å². The van der Waals surface area contributed by atoms with E-state index in [9.17, 15) is 0 Å². The maximum Gasteiger partial charge on any atom is -0.0153 e. The van der Waals surface area contributed by atoms with Crippen molar-refractivity contribution in [1.82, 2.24) is 0 Å². The molecule has 0 aliphatic heterocycles. The lowest BCUT2D eigenvalue weighted by Gasteiger charge is -2.22. The van der Waals surface area contributed by atoms with Crippen LogP contribution >= 0.6 is 9.24 Å². The van der Waals surface area contributed by atoms with Crippen molar-refractivity contribution in [3.05, 3.63) is 28.8 Å². The van der Waals surface area contributed by atoms with Gasteiger partial charge in [0.1, 0.15) is 0 Å². The highest BCUT2D eigenvalue weighted by Crippen LogP contribution is 2.40. The Morgan fingerprint density at radius 2 is 1.44 bits per heavy atom. The van der Waals surface area contributed by atoms with Gasteiger partial charge in [-0.3, -0.25) is 0 Å². The van der Waals surface area contributed by atoms with Gasteiger partial charge in [0.2, 0.25) is 0 Å². The maximum atomic E-state index is 2.98. The first kappa shape index (κ1) is 12.7. The van der Waals surface area contributed by atoms with Crippen molar-refractivity contribution in [3.8, 4) is 0 Å². The molecule has 98 valence electrons. The van der Waals surface area contributed by atoms with Crippen molar-refractivity contribution in [2.75, 3.05) is 0 Å². The molecule has 1 atom stereocenters. The van der Waals surface area contributed by atoms with Crippen molar-refractivity contribution in [1.29, 1.82) is 0 Å². The Balaban J connectivity index is 1.98. The first-order valence-corrected chi connectivity index (χ1v) is 8.24. The zero-order valence-corrected chi connectivity index (χ0v) is 12.7. The molecule has 3 rings (SSSR count). The predicted molar refractivity (Wildman–Crippen MR) is 82.9 cm³/mol. The minimum Gasteiger partial charge on any atom is -0.105 e. The normalized spacial score (nSPS) is 21.9. The molecule has 2 fully saturated rings.